The van der Waals surface area contributed by atoms with Crippen molar-refractivity contribution in [3.63, 3.8) is 0 Å². The van der Waals surface area contributed by atoms with Crippen molar-refractivity contribution in [3.05, 3.63) is 44.4 Å². The molecular weight excluding hydrogens is 464 g/mol. The third-order valence-electron chi connectivity index (χ3n) is 7.98. The monoisotopic (exact) mass is 486 g/mol. The van der Waals surface area contributed by atoms with Crippen LogP contribution in [-0.4, -0.2) is 51.2 Å². The molecule has 172 valence electrons. The summed E-state index contributed by atoms with van der Waals surface area (Å²) in [5.41, 5.74) is 0.975. The van der Waals surface area contributed by atoms with Crippen LogP contribution in [0.15, 0.2) is 34.1 Å². The van der Waals surface area contributed by atoms with Crippen LogP contribution in [0.5, 0.6) is 5.75 Å². The number of nitrogens with zero attached hydrogens (tertiary/aromatic N) is 1. The highest BCUT2D eigenvalue weighted by Crippen LogP contribution is 2.69. The van der Waals surface area contributed by atoms with Gasteiger partial charge in [0.25, 0.3) is 0 Å². The lowest BCUT2D eigenvalue weighted by molar-refractivity contribution is -0.154. The lowest BCUT2D eigenvalue weighted by atomic mass is 9.68. The van der Waals surface area contributed by atoms with E-state index in [9.17, 15) is 24.3 Å². The lowest BCUT2D eigenvalue weighted by Gasteiger charge is -2.43. The molecule has 3 fully saturated rings. The highest BCUT2D eigenvalue weighted by Gasteiger charge is 2.70. The van der Waals surface area contributed by atoms with Crippen LogP contribution in [0, 0.1) is 29.6 Å². The number of para-hydroxylation sites is 1. The number of likely N-dealkylation sites (tertiary alicyclic amines) is 1. The molecule has 0 spiro atoms. The third kappa shape index (κ3) is 2.70. The number of carboxylic acid groups (broad SMARTS) is 1. The smallest absolute Gasteiger partial charge is 0.326 e. The summed E-state index contributed by atoms with van der Waals surface area (Å²) in [4.78, 5) is 55.3. The number of aromatic amines is 1. The first kappa shape index (κ1) is 21.0. The van der Waals surface area contributed by atoms with Crippen LogP contribution in [0.4, 0.5) is 0 Å². The van der Waals surface area contributed by atoms with Crippen molar-refractivity contribution in [2.24, 2.45) is 29.6 Å². The van der Waals surface area contributed by atoms with Gasteiger partial charge in [-0.25, -0.2) is 4.79 Å². The Kier molecular flexibility index (Phi) is 4.58. The molecule has 10 heteroatoms. The van der Waals surface area contributed by atoms with Gasteiger partial charge in [0.2, 0.25) is 11.8 Å². The molecule has 2 saturated carbocycles. The highest BCUT2D eigenvalue weighted by molar-refractivity contribution is 8.00. The topological polar surface area (TPSA) is 117 Å². The van der Waals surface area contributed by atoms with E-state index in [1.807, 2.05) is 24.3 Å². The van der Waals surface area contributed by atoms with E-state index < -0.39 is 23.8 Å². The number of carbonyl (C=O) groups is 3. The van der Waals surface area contributed by atoms with Gasteiger partial charge >= 0.3 is 10.8 Å². The number of hydrogen-bond donors (Lipinski definition) is 2. The summed E-state index contributed by atoms with van der Waals surface area (Å²) in [6.07, 6.45) is 0.759. The quantitative estimate of drug-likeness (QED) is 0.638. The molecule has 4 aliphatic rings. The van der Waals surface area contributed by atoms with Gasteiger partial charge in [-0.2, -0.15) is 0 Å². The van der Waals surface area contributed by atoms with Gasteiger partial charge in [0, 0.05) is 21.6 Å². The van der Waals surface area contributed by atoms with Crippen molar-refractivity contribution in [3.8, 4) is 5.75 Å². The van der Waals surface area contributed by atoms with E-state index in [0.717, 1.165) is 32.5 Å². The number of benzene rings is 1. The van der Waals surface area contributed by atoms with Crippen molar-refractivity contribution < 1.29 is 24.2 Å². The molecule has 2 bridgehead atoms. The molecule has 2 aromatic rings. The fraction of sp³-hybridized carbons (Fsp3) is 0.478. The van der Waals surface area contributed by atoms with Crippen LogP contribution in [0.1, 0.15) is 29.7 Å². The van der Waals surface area contributed by atoms with E-state index >= 15 is 0 Å². The van der Waals surface area contributed by atoms with Gasteiger partial charge < -0.3 is 14.8 Å². The van der Waals surface area contributed by atoms with E-state index in [2.05, 4.69) is 4.98 Å². The summed E-state index contributed by atoms with van der Waals surface area (Å²) >= 11 is 2.80. The number of carboxylic acids is 1. The zero-order valence-corrected chi connectivity index (χ0v) is 19.5. The molecule has 8 nitrogen and oxygen atoms in total. The van der Waals surface area contributed by atoms with Crippen LogP contribution >= 0.6 is 23.1 Å². The van der Waals surface area contributed by atoms with Gasteiger partial charge in [-0.3, -0.25) is 19.3 Å². The van der Waals surface area contributed by atoms with E-state index in [1.54, 1.807) is 18.9 Å². The van der Waals surface area contributed by atoms with E-state index in [0.29, 0.717) is 0 Å². The Labute approximate surface area is 197 Å². The molecule has 2 aliphatic carbocycles. The van der Waals surface area contributed by atoms with Crippen LogP contribution in [-0.2, 0) is 14.4 Å². The van der Waals surface area contributed by atoms with Gasteiger partial charge in [-0.1, -0.05) is 29.5 Å². The molecule has 6 rings (SSSR count). The second-order valence-corrected chi connectivity index (χ2v) is 11.5. The Hall–Kier alpha value is -2.59. The number of imide groups is 1. The number of fused-ring (bicyclic) bond motifs is 9. The Balaban J connectivity index is 1.47. The number of rotatable bonds is 4. The Morgan fingerprint density at radius 3 is 2.58 bits per heavy atom. The molecule has 1 saturated heterocycles. The number of thioether (sulfide) groups is 1. The molecule has 0 unspecified atom stereocenters. The Morgan fingerprint density at radius 1 is 1.18 bits per heavy atom. The van der Waals surface area contributed by atoms with E-state index in [-0.39, 0.29) is 45.6 Å². The first-order valence-corrected chi connectivity index (χ1v) is 12.7. The van der Waals surface area contributed by atoms with Gasteiger partial charge in [0.1, 0.15) is 11.8 Å². The second kappa shape index (κ2) is 7.20. The summed E-state index contributed by atoms with van der Waals surface area (Å²) in [6.45, 7) is 1.39. The molecule has 3 heterocycles. The number of nitrogens with one attached hydrogen (secondary N) is 1. The number of hydrogen-bond acceptors (Lipinski definition) is 7. The average molecular weight is 487 g/mol. The zero-order chi connectivity index (χ0) is 23.2. The average Bonchev–Trinajstić information content (AvgIpc) is 3.52. The lowest BCUT2D eigenvalue weighted by Crippen LogP contribution is -2.44. The number of carbonyl (C=O) groups excluding carboxylic acids is 2. The molecular formula is C23H22N2O6S2. The number of methoxy groups -OCH3 is 1. The number of aliphatic carboxylic acids is 1. The predicted molar refractivity (Wildman–Crippen MR) is 120 cm³/mol. The molecule has 1 aromatic heterocycles. The number of thiazole rings is 1. The summed E-state index contributed by atoms with van der Waals surface area (Å²) in [5, 5.41) is 10.4. The van der Waals surface area contributed by atoms with Gasteiger partial charge in [-0.05, 0) is 37.2 Å². The summed E-state index contributed by atoms with van der Waals surface area (Å²) in [5.74, 6) is -2.32. The van der Waals surface area contributed by atoms with Crippen molar-refractivity contribution in [2.45, 2.75) is 35.6 Å². The highest BCUT2D eigenvalue weighted by atomic mass is 32.2. The fourth-order valence-electron chi connectivity index (χ4n) is 6.80. The van der Waals surface area contributed by atoms with E-state index in [1.165, 1.54) is 18.3 Å². The molecule has 0 radical (unpaired) electrons. The summed E-state index contributed by atoms with van der Waals surface area (Å²) in [6, 6.07) is 6.58. The minimum Gasteiger partial charge on any atom is -0.496 e. The van der Waals surface area contributed by atoms with Crippen molar-refractivity contribution >= 4 is 40.9 Å². The van der Waals surface area contributed by atoms with Crippen molar-refractivity contribution in [1.82, 2.24) is 9.88 Å². The Morgan fingerprint density at radius 2 is 1.88 bits per heavy atom. The Bertz CT molecular complexity index is 1250. The van der Waals surface area contributed by atoms with Crippen LogP contribution < -0.4 is 9.61 Å². The van der Waals surface area contributed by atoms with E-state index in [4.69, 9.17) is 4.74 Å². The SMILES string of the molecule is COc1ccccc1[C@@H]1c2sc(=O)[nH]c2S[C@@H]2[C@H]3C[C@@H]([C@H]4C(=O)N([C@@H](C)C(=O)O)C(=O)[C@@H]34)[C@@H]12. The molecule has 2 aliphatic heterocycles. The van der Waals surface area contributed by atoms with Crippen LogP contribution in [0.2, 0.25) is 0 Å². The minimum atomic E-state index is -1.18. The minimum absolute atomic E-state index is 0.0359. The number of H-pyrrole nitrogens is 1. The van der Waals surface area contributed by atoms with Crippen molar-refractivity contribution in [2.75, 3.05) is 7.11 Å². The molecule has 1 aromatic carbocycles. The normalized spacial score (nSPS) is 34.7. The standard InChI is InChI=1S/C23H22N2O6S2/c1-8(22(28)29)25-20(26)15-10-7-11(16(15)21(25)27)17-14(10)13(9-5-3-4-6-12(9)31-2)18-19(32-17)24-23(30)33-18/h3-6,8,10-11,13-17H,7H2,1-2H3,(H,24,30)(H,28,29)/t8-,10+,11-,13-,14-,15+,16-,17+/m0/s1. The van der Waals surface area contributed by atoms with Gasteiger partial charge in [0.15, 0.2) is 0 Å². The molecule has 33 heavy (non-hydrogen) atoms. The van der Waals surface area contributed by atoms with Gasteiger partial charge in [0.05, 0.1) is 24.0 Å². The number of amides is 2. The zero-order valence-electron chi connectivity index (χ0n) is 17.9. The van der Waals surface area contributed by atoms with Crippen molar-refractivity contribution in [1.29, 1.82) is 0 Å². The third-order valence-corrected chi connectivity index (χ3v) is 10.6. The fourth-order valence-corrected chi connectivity index (χ4v) is 9.68. The van der Waals surface area contributed by atoms with Gasteiger partial charge in [-0.15, -0.1) is 11.8 Å². The first-order valence-electron chi connectivity index (χ1n) is 11.0. The summed E-state index contributed by atoms with van der Waals surface area (Å²) < 4.78 is 5.66. The second-order valence-electron chi connectivity index (χ2n) is 9.26. The maximum atomic E-state index is 13.4. The number of ether oxygens (including phenoxy) is 1. The first-order chi connectivity index (χ1) is 15.8. The molecule has 8 atom stereocenters. The van der Waals surface area contributed by atoms with Crippen LogP contribution in [0.25, 0.3) is 0 Å². The summed E-state index contributed by atoms with van der Waals surface area (Å²) in [7, 11) is 1.62. The maximum absolute atomic E-state index is 13.4. The van der Waals surface area contributed by atoms with Crippen LogP contribution in [0.3, 0.4) is 0 Å². The largest absolute Gasteiger partial charge is 0.496 e. The molecule has 2 N–H and O–H groups in total. The molecule has 2 amide bonds. The number of aromatic nitrogens is 1. The predicted octanol–water partition coefficient (Wildman–Crippen LogP) is 2.39. The maximum Gasteiger partial charge on any atom is 0.326 e.